The van der Waals surface area contributed by atoms with Gasteiger partial charge in [0, 0.05) is 18.7 Å². The number of carbonyl (C=O) groups is 2. The number of aliphatic hydroxyl groups excluding tert-OH is 1. The lowest BCUT2D eigenvalue weighted by Crippen LogP contribution is -2.37. The molecule has 8 nitrogen and oxygen atoms in total. The van der Waals surface area contributed by atoms with Crippen molar-refractivity contribution in [3.8, 4) is 11.5 Å². The third-order valence-electron chi connectivity index (χ3n) is 5.55. The highest BCUT2D eigenvalue weighted by atomic mass is 16.7. The fraction of sp³-hybridized carbons (Fsp3) is 0.364. The van der Waals surface area contributed by atoms with Gasteiger partial charge in [-0.3, -0.25) is 9.59 Å². The minimum atomic E-state index is -0.791. The summed E-state index contributed by atoms with van der Waals surface area (Å²) in [7, 11) is 0. The van der Waals surface area contributed by atoms with E-state index in [1.807, 2.05) is 13.8 Å². The summed E-state index contributed by atoms with van der Waals surface area (Å²) < 4.78 is 16.2. The van der Waals surface area contributed by atoms with Crippen molar-refractivity contribution in [1.82, 2.24) is 9.80 Å². The van der Waals surface area contributed by atoms with E-state index in [9.17, 15) is 14.7 Å². The van der Waals surface area contributed by atoms with Crippen molar-refractivity contribution in [3.63, 3.8) is 0 Å². The SMILES string of the molecule is CCN(CC)CCN1C(=O)C(=O)C(=C(O)c2ccc3c(c2)OCO3)C1c1ccco1. The van der Waals surface area contributed by atoms with Crippen LogP contribution in [0, 0.1) is 0 Å². The number of ether oxygens (including phenoxy) is 2. The Morgan fingerprint density at radius 2 is 1.93 bits per heavy atom. The number of amides is 1. The largest absolute Gasteiger partial charge is 0.507 e. The Hall–Kier alpha value is -3.26. The summed E-state index contributed by atoms with van der Waals surface area (Å²) >= 11 is 0. The second kappa shape index (κ2) is 8.23. The summed E-state index contributed by atoms with van der Waals surface area (Å²) in [6, 6.07) is 7.50. The van der Waals surface area contributed by atoms with Gasteiger partial charge >= 0.3 is 0 Å². The standard InChI is InChI=1S/C22H24N2O6/c1-3-23(4-2)9-10-24-19(16-6-5-11-28-16)18(21(26)22(24)27)20(25)14-7-8-15-17(12-14)30-13-29-15/h5-8,11-12,19,25H,3-4,9-10,13H2,1-2H3. The normalized spacial score (nSPS) is 19.8. The topological polar surface area (TPSA) is 92.5 Å². The maximum atomic E-state index is 12.9. The van der Waals surface area contributed by atoms with Gasteiger partial charge in [-0.2, -0.15) is 0 Å². The predicted octanol–water partition coefficient (Wildman–Crippen LogP) is 2.77. The molecule has 0 bridgehead atoms. The summed E-state index contributed by atoms with van der Waals surface area (Å²) in [6.07, 6.45) is 1.49. The number of fused-ring (bicyclic) bond motifs is 1. The summed E-state index contributed by atoms with van der Waals surface area (Å²) in [5.41, 5.74) is 0.380. The first kappa shape index (κ1) is 20.0. The Bertz CT molecular complexity index is 978. The third-order valence-corrected chi connectivity index (χ3v) is 5.55. The smallest absolute Gasteiger partial charge is 0.295 e. The number of nitrogens with zero attached hydrogens (tertiary/aromatic N) is 2. The predicted molar refractivity (Wildman–Crippen MR) is 108 cm³/mol. The van der Waals surface area contributed by atoms with Crippen LogP contribution >= 0.6 is 0 Å². The molecule has 1 saturated heterocycles. The van der Waals surface area contributed by atoms with E-state index < -0.39 is 17.7 Å². The van der Waals surface area contributed by atoms with Gasteiger partial charge in [0.2, 0.25) is 6.79 Å². The molecule has 8 heteroatoms. The fourth-order valence-corrected chi connectivity index (χ4v) is 3.84. The van der Waals surface area contributed by atoms with Crippen molar-refractivity contribution in [2.75, 3.05) is 33.0 Å². The van der Waals surface area contributed by atoms with Crippen molar-refractivity contribution in [1.29, 1.82) is 0 Å². The van der Waals surface area contributed by atoms with Gasteiger partial charge in [-0.15, -0.1) is 0 Å². The van der Waals surface area contributed by atoms with Crippen LogP contribution in [0.15, 0.2) is 46.6 Å². The number of likely N-dealkylation sites (N-methyl/N-ethyl adjacent to an activating group) is 1. The summed E-state index contributed by atoms with van der Waals surface area (Å²) in [6.45, 7) is 6.81. The van der Waals surface area contributed by atoms with Crippen LogP contribution in [0.4, 0.5) is 0 Å². The fourth-order valence-electron chi connectivity index (χ4n) is 3.84. The average molecular weight is 412 g/mol. The molecule has 1 unspecified atom stereocenters. The van der Waals surface area contributed by atoms with E-state index in [2.05, 4.69) is 4.90 Å². The molecule has 3 heterocycles. The molecule has 0 radical (unpaired) electrons. The molecule has 1 atom stereocenters. The lowest BCUT2D eigenvalue weighted by atomic mass is 9.99. The molecule has 30 heavy (non-hydrogen) atoms. The van der Waals surface area contributed by atoms with Crippen LogP contribution in [0.2, 0.25) is 0 Å². The maximum absolute atomic E-state index is 12.9. The number of rotatable bonds is 7. The molecule has 1 aromatic carbocycles. The number of benzene rings is 1. The second-order valence-electron chi connectivity index (χ2n) is 7.10. The molecule has 1 N–H and O–H groups in total. The molecule has 2 aromatic rings. The average Bonchev–Trinajstić information content (AvgIpc) is 3.49. The Kier molecular flexibility index (Phi) is 5.50. The number of hydrogen-bond acceptors (Lipinski definition) is 7. The number of likely N-dealkylation sites (tertiary alicyclic amines) is 1. The molecule has 0 spiro atoms. The maximum Gasteiger partial charge on any atom is 0.295 e. The summed E-state index contributed by atoms with van der Waals surface area (Å²) in [4.78, 5) is 29.4. The molecule has 2 aliphatic heterocycles. The Labute approximate surface area is 174 Å². The van der Waals surface area contributed by atoms with E-state index in [-0.39, 0.29) is 18.1 Å². The van der Waals surface area contributed by atoms with Crippen molar-refractivity contribution in [2.24, 2.45) is 0 Å². The zero-order valence-corrected chi connectivity index (χ0v) is 17.0. The number of aliphatic hydroxyl groups is 1. The summed E-state index contributed by atoms with van der Waals surface area (Å²) in [5.74, 6) is -0.176. The van der Waals surface area contributed by atoms with Gasteiger partial charge in [-0.25, -0.2) is 0 Å². The van der Waals surface area contributed by atoms with Gasteiger partial charge in [-0.1, -0.05) is 13.8 Å². The van der Waals surface area contributed by atoms with Crippen LogP contribution in [0.5, 0.6) is 11.5 Å². The number of furan rings is 1. The van der Waals surface area contributed by atoms with Gasteiger partial charge in [-0.05, 0) is 43.4 Å². The van der Waals surface area contributed by atoms with Crippen LogP contribution in [-0.4, -0.2) is 59.6 Å². The highest BCUT2D eigenvalue weighted by Crippen LogP contribution is 2.41. The molecule has 1 fully saturated rings. The quantitative estimate of drug-likeness (QED) is 0.425. The minimum absolute atomic E-state index is 0.00774. The van der Waals surface area contributed by atoms with Crippen LogP contribution < -0.4 is 9.47 Å². The highest BCUT2D eigenvalue weighted by molar-refractivity contribution is 6.46. The number of carbonyl (C=O) groups excluding carboxylic acids is 2. The number of hydrogen-bond donors (Lipinski definition) is 1. The molecule has 0 aliphatic carbocycles. The van der Waals surface area contributed by atoms with E-state index in [0.717, 1.165) is 13.1 Å². The Balaban J connectivity index is 1.74. The van der Waals surface area contributed by atoms with E-state index in [4.69, 9.17) is 13.9 Å². The highest BCUT2D eigenvalue weighted by Gasteiger charge is 2.47. The van der Waals surface area contributed by atoms with E-state index in [1.165, 1.54) is 11.2 Å². The molecular formula is C22H24N2O6. The molecule has 4 rings (SSSR count). The molecule has 2 aliphatic rings. The van der Waals surface area contributed by atoms with Gasteiger partial charge < -0.3 is 28.8 Å². The summed E-state index contributed by atoms with van der Waals surface area (Å²) in [5, 5.41) is 11.0. The van der Waals surface area contributed by atoms with Crippen LogP contribution in [0.3, 0.4) is 0 Å². The first-order valence-electron chi connectivity index (χ1n) is 9.99. The molecule has 1 amide bonds. The van der Waals surface area contributed by atoms with Crippen molar-refractivity contribution >= 4 is 17.4 Å². The van der Waals surface area contributed by atoms with E-state index >= 15 is 0 Å². The van der Waals surface area contributed by atoms with Crippen molar-refractivity contribution < 1.29 is 28.6 Å². The lowest BCUT2D eigenvalue weighted by molar-refractivity contribution is -0.140. The van der Waals surface area contributed by atoms with Crippen LogP contribution in [-0.2, 0) is 9.59 Å². The monoisotopic (exact) mass is 412 g/mol. The Morgan fingerprint density at radius 1 is 1.17 bits per heavy atom. The third kappa shape index (κ3) is 3.43. The minimum Gasteiger partial charge on any atom is -0.507 e. The van der Waals surface area contributed by atoms with Crippen molar-refractivity contribution in [2.45, 2.75) is 19.9 Å². The van der Waals surface area contributed by atoms with Crippen LogP contribution in [0.1, 0.15) is 31.2 Å². The van der Waals surface area contributed by atoms with Gasteiger partial charge in [0.15, 0.2) is 11.5 Å². The molecule has 1 aromatic heterocycles. The van der Waals surface area contributed by atoms with Gasteiger partial charge in [0.25, 0.3) is 11.7 Å². The molecule has 158 valence electrons. The first-order valence-corrected chi connectivity index (χ1v) is 9.99. The van der Waals surface area contributed by atoms with Crippen molar-refractivity contribution in [3.05, 3.63) is 53.5 Å². The van der Waals surface area contributed by atoms with E-state index in [1.54, 1.807) is 30.3 Å². The Morgan fingerprint density at radius 3 is 2.63 bits per heavy atom. The number of Topliss-reactive ketones (excluding diaryl/α,β-unsaturated/α-hetero) is 1. The second-order valence-corrected chi connectivity index (χ2v) is 7.10. The van der Waals surface area contributed by atoms with Crippen LogP contribution in [0.25, 0.3) is 5.76 Å². The van der Waals surface area contributed by atoms with E-state index in [0.29, 0.717) is 35.9 Å². The zero-order valence-electron chi connectivity index (χ0n) is 17.0. The van der Waals surface area contributed by atoms with Gasteiger partial charge in [0.1, 0.15) is 17.6 Å². The molecular weight excluding hydrogens is 388 g/mol. The zero-order chi connectivity index (χ0) is 21.3. The number of ketones is 1. The first-order chi connectivity index (χ1) is 14.5. The lowest BCUT2D eigenvalue weighted by Gasteiger charge is -2.26. The molecule has 0 saturated carbocycles. The van der Waals surface area contributed by atoms with Gasteiger partial charge in [0.05, 0.1) is 11.8 Å².